The number of carbonyl (C=O) groups is 2. The molecule has 4 nitrogen and oxygen atoms in total. The number of carboxylic acids is 1. The number of hydrogen-bond donors (Lipinski definition) is 1. The van der Waals surface area contributed by atoms with Gasteiger partial charge in [-0.1, -0.05) is 29.8 Å². The number of carboxylic acid groups (broad SMARTS) is 1. The molecule has 0 bridgehead atoms. The second-order valence-corrected chi connectivity index (χ2v) is 4.15. The van der Waals surface area contributed by atoms with E-state index in [0.29, 0.717) is 0 Å². The van der Waals surface area contributed by atoms with Gasteiger partial charge in [0.15, 0.2) is 0 Å². The van der Waals surface area contributed by atoms with Crippen LogP contribution in [0.5, 0.6) is 0 Å². The normalized spacial score (nSPS) is 10.6. The average molecular weight is 247 g/mol. The Morgan fingerprint density at radius 1 is 1.39 bits per heavy atom. The van der Waals surface area contributed by atoms with E-state index < -0.39 is 5.97 Å². The lowest BCUT2D eigenvalue weighted by Crippen LogP contribution is -2.27. The van der Waals surface area contributed by atoms with Crippen molar-refractivity contribution in [1.82, 2.24) is 4.90 Å². The minimum atomic E-state index is -0.905. The highest BCUT2D eigenvalue weighted by atomic mass is 16.4. The highest BCUT2D eigenvalue weighted by Crippen LogP contribution is 2.06. The monoisotopic (exact) mass is 247 g/mol. The van der Waals surface area contributed by atoms with Crippen molar-refractivity contribution in [3.05, 3.63) is 41.5 Å². The maximum atomic E-state index is 11.7. The molecule has 96 valence electrons. The average Bonchev–Trinajstić information content (AvgIpc) is 2.33. The standard InChI is InChI=1S/C14H17NO3/c1-11-4-3-5-12(10-11)6-7-13(16)15(2)9-8-14(17)18/h3-7,10H,8-9H2,1-2H3,(H,17,18). The van der Waals surface area contributed by atoms with Crippen molar-refractivity contribution in [3.63, 3.8) is 0 Å². The maximum Gasteiger partial charge on any atom is 0.305 e. The number of rotatable bonds is 5. The third kappa shape index (κ3) is 4.82. The Kier molecular flexibility index (Phi) is 5.11. The lowest BCUT2D eigenvalue weighted by molar-refractivity contribution is -0.137. The molecule has 0 aliphatic heterocycles. The zero-order valence-corrected chi connectivity index (χ0v) is 10.6. The Morgan fingerprint density at radius 2 is 2.11 bits per heavy atom. The molecule has 1 N–H and O–H groups in total. The fraction of sp³-hybridized carbons (Fsp3) is 0.286. The van der Waals surface area contributed by atoms with Crippen LogP contribution in [0.2, 0.25) is 0 Å². The lowest BCUT2D eigenvalue weighted by Gasteiger charge is -2.13. The third-order valence-corrected chi connectivity index (χ3v) is 2.50. The van der Waals surface area contributed by atoms with E-state index in [9.17, 15) is 9.59 Å². The van der Waals surface area contributed by atoms with Crippen LogP contribution in [-0.2, 0) is 9.59 Å². The van der Waals surface area contributed by atoms with Crippen molar-refractivity contribution >= 4 is 18.0 Å². The Balaban J connectivity index is 2.56. The zero-order chi connectivity index (χ0) is 13.5. The predicted molar refractivity (Wildman–Crippen MR) is 70.1 cm³/mol. The molecule has 0 unspecified atom stereocenters. The van der Waals surface area contributed by atoms with Gasteiger partial charge in [-0.3, -0.25) is 9.59 Å². The van der Waals surface area contributed by atoms with Gasteiger partial charge in [0.25, 0.3) is 0 Å². The summed E-state index contributed by atoms with van der Waals surface area (Å²) < 4.78 is 0. The summed E-state index contributed by atoms with van der Waals surface area (Å²) in [6, 6.07) is 7.79. The molecule has 0 aromatic heterocycles. The summed E-state index contributed by atoms with van der Waals surface area (Å²) in [5.41, 5.74) is 2.08. The van der Waals surface area contributed by atoms with E-state index in [1.54, 1.807) is 13.1 Å². The number of benzene rings is 1. The van der Waals surface area contributed by atoms with Crippen LogP contribution in [0, 0.1) is 6.92 Å². The van der Waals surface area contributed by atoms with E-state index in [-0.39, 0.29) is 18.9 Å². The van der Waals surface area contributed by atoms with E-state index in [2.05, 4.69) is 0 Å². The molecule has 1 aromatic carbocycles. The van der Waals surface area contributed by atoms with Crippen LogP contribution in [0.1, 0.15) is 17.5 Å². The quantitative estimate of drug-likeness (QED) is 0.809. The fourth-order valence-corrected chi connectivity index (χ4v) is 1.44. The Hall–Kier alpha value is -2.10. The Morgan fingerprint density at radius 3 is 2.72 bits per heavy atom. The minimum absolute atomic E-state index is 0.0411. The molecule has 1 amide bonds. The molecule has 0 aliphatic rings. The molecular formula is C14H17NO3. The van der Waals surface area contributed by atoms with E-state index >= 15 is 0 Å². The summed E-state index contributed by atoms with van der Waals surface area (Å²) in [4.78, 5) is 23.4. The molecule has 4 heteroatoms. The summed E-state index contributed by atoms with van der Waals surface area (Å²) in [5, 5.41) is 8.53. The van der Waals surface area contributed by atoms with E-state index in [4.69, 9.17) is 5.11 Å². The van der Waals surface area contributed by atoms with Gasteiger partial charge >= 0.3 is 5.97 Å². The summed E-state index contributed by atoms with van der Waals surface area (Å²) in [7, 11) is 1.59. The fourth-order valence-electron chi connectivity index (χ4n) is 1.44. The lowest BCUT2D eigenvalue weighted by atomic mass is 10.1. The molecule has 0 saturated heterocycles. The molecule has 1 aromatic rings. The molecule has 18 heavy (non-hydrogen) atoms. The van der Waals surface area contributed by atoms with Crippen LogP contribution in [-0.4, -0.2) is 35.5 Å². The van der Waals surface area contributed by atoms with Gasteiger partial charge in [-0.25, -0.2) is 0 Å². The van der Waals surface area contributed by atoms with Crippen molar-refractivity contribution in [2.45, 2.75) is 13.3 Å². The molecule has 0 aliphatic carbocycles. The summed E-state index contributed by atoms with van der Waals surface area (Å²) >= 11 is 0. The van der Waals surface area contributed by atoms with Gasteiger partial charge in [-0.05, 0) is 18.6 Å². The summed E-state index contributed by atoms with van der Waals surface area (Å²) in [5.74, 6) is -1.10. The summed E-state index contributed by atoms with van der Waals surface area (Å²) in [6.45, 7) is 2.20. The Labute approximate surface area is 107 Å². The first-order valence-corrected chi connectivity index (χ1v) is 5.70. The van der Waals surface area contributed by atoms with Gasteiger partial charge in [0.1, 0.15) is 0 Å². The van der Waals surface area contributed by atoms with Crippen LogP contribution < -0.4 is 0 Å². The largest absolute Gasteiger partial charge is 0.481 e. The van der Waals surface area contributed by atoms with Crippen LogP contribution in [0.15, 0.2) is 30.3 Å². The van der Waals surface area contributed by atoms with E-state index in [0.717, 1.165) is 11.1 Å². The van der Waals surface area contributed by atoms with Crippen LogP contribution in [0.4, 0.5) is 0 Å². The van der Waals surface area contributed by atoms with E-state index in [1.165, 1.54) is 11.0 Å². The first-order valence-electron chi connectivity index (χ1n) is 5.70. The van der Waals surface area contributed by atoms with Crippen molar-refractivity contribution in [2.24, 2.45) is 0 Å². The highest BCUT2D eigenvalue weighted by molar-refractivity contribution is 5.91. The topological polar surface area (TPSA) is 57.6 Å². The second kappa shape index (κ2) is 6.59. The number of amides is 1. The van der Waals surface area contributed by atoms with Crippen molar-refractivity contribution in [1.29, 1.82) is 0 Å². The van der Waals surface area contributed by atoms with Gasteiger partial charge in [-0.2, -0.15) is 0 Å². The highest BCUT2D eigenvalue weighted by Gasteiger charge is 2.06. The molecule has 0 saturated carbocycles. The number of aryl methyl sites for hydroxylation is 1. The number of aliphatic carboxylic acids is 1. The molecule has 0 spiro atoms. The number of nitrogens with zero attached hydrogens (tertiary/aromatic N) is 1. The second-order valence-electron chi connectivity index (χ2n) is 4.15. The van der Waals surface area contributed by atoms with Crippen LogP contribution in [0.25, 0.3) is 6.08 Å². The first kappa shape index (κ1) is 14.0. The predicted octanol–water partition coefficient (Wildman–Crippen LogP) is 1.94. The van der Waals surface area contributed by atoms with Gasteiger partial charge in [0, 0.05) is 19.7 Å². The summed E-state index contributed by atoms with van der Waals surface area (Å²) in [6.07, 6.45) is 3.14. The van der Waals surface area contributed by atoms with Gasteiger partial charge < -0.3 is 10.0 Å². The van der Waals surface area contributed by atoms with Gasteiger partial charge in [0.05, 0.1) is 6.42 Å². The Bertz CT molecular complexity index is 466. The van der Waals surface area contributed by atoms with E-state index in [1.807, 2.05) is 31.2 Å². The van der Waals surface area contributed by atoms with Crippen molar-refractivity contribution < 1.29 is 14.7 Å². The van der Waals surface area contributed by atoms with Crippen molar-refractivity contribution in [3.8, 4) is 0 Å². The smallest absolute Gasteiger partial charge is 0.305 e. The number of hydrogen-bond acceptors (Lipinski definition) is 2. The maximum absolute atomic E-state index is 11.7. The molecule has 0 atom stereocenters. The van der Waals surface area contributed by atoms with Crippen molar-refractivity contribution in [2.75, 3.05) is 13.6 Å². The number of likely N-dealkylation sites (N-methyl/N-ethyl adjacent to an activating group) is 1. The van der Waals surface area contributed by atoms with Gasteiger partial charge in [0.2, 0.25) is 5.91 Å². The first-order chi connectivity index (χ1) is 8.49. The molecule has 0 fully saturated rings. The molecule has 0 radical (unpaired) electrons. The SMILES string of the molecule is Cc1cccc(C=CC(=O)N(C)CCC(=O)O)c1. The zero-order valence-electron chi connectivity index (χ0n) is 10.6. The molecular weight excluding hydrogens is 230 g/mol. The van der Waals surface area contributed by atoms with Crippen LogP contribution in [0.3, 0.4) is 0 Å². The number of carbonyl (C=O) groups excluding carboxylic acids is 1. The minimum Gasteiger partial charge on any atom is -0.481 e. The molecule has 1 rings (SSSR count). The molecule has 0 heterocycles. The van der Waals surface area contributed by atoms with Gasteiger partial charge in [-0.15, -0.1) is 0 Å². The van der Waals surface area contributed by atoms with Crippen LogP contribution >= 0.6 is 0 Å². The third-order valence-electron chi connectivity index (χ3n) is 2.50.